The van der Waals surface area contributed by atoms with Gasteiger partial charge >= 0.3 is 28.8 Å². The number of hydrogen-bond acceptors (Lipinski definition) is 11. The van der Waals surface area contributed by atoms with Crippen molar-refractivity contribution in [2.24, 2.45) is 5.73 Å². The third-order valence-electron chi connectivity index (χ3n) is 7.11. The molecule has 256 valence electrons. The van der Waals surface area contributed by atoms with Crippen LogP contribution in [0, 0.1) is 0 Å². The van der Waals surface area contributed by atoms with Gasteiger partial charge < -0.3 is 25.4 Å². The fourth-order valence-corrected chi connectivity index (χ4v) is 8.08. The molecule has 1 unspecified atom stereocenters. The first-order valence-corrected chi connectivity index (χ1v) is 16.0. The normalized spacial score (nSPS) is 18.8. The Balaban J connectivity index is 1.49. The van der Waals surface area contributed by atoms with E-state index >= 15 is 0 Å². The number of carbonyl (C=O) groups excluding carboxylic acids is 2. The number of rotatable bonds is 8. The van der Waals surface area contributed by atoms with Crippen molar-refractivity contribution in [2.45, 2.75) is 30.2 Å². The Labute approximate surface area is 275 Å². The fraction of sp³-hybridized carbons (Fsp3) is 0.269. The van der Waals surface area contributed by atoms with Gasteiger partial charge in [0, 0.05) is 6.54 Å². The van der Waals surface area contributed by atoms with Gasteiger partial charge in [0.05, 0.1) is 24.0 Å². The minimum absolute atomic E-state index is 0.0389. The second kappa shape index (κ2) is 12.9. The molecule has 3 amide bonds. The summed E-state index contributed by atoms with van der Waals surface area (Å²) < 4.78 is 110. The van der Waals surface area contributed by atoms with Gasteiger partial charge in [0.15, 0.2) is 10.3 Å². The molecule has 2 aromatic carbocycles. The number of nitrogens with two attached hydrogens (primary N) is 1. The summed E-state index contributed by atoms with van der Waals surface area (Å²) in [4.78, 5) is 32.4. The van der Waals surface area contributed by atoms with Crippen LogP contribution in [0.3, 0.4) is 0 Å². The van der Waals surface area contributed by atoms with Gasteiger partial charge in [-0.3, -0.25) is 4.79 Å². The highest BCUT2D eigenvalue weighted by Crippen LogP contribution is 2.37. The van der Waals surface area contributed by atoms with E-state index in [1.54, 1.807) is 0 Å². The van der Waals surface area contributed by atoms with E-state index in [-0.39, 0.29) is 28.9 Å². The summed E-state index contributed by atoms with van der Waals surface area (Å²) in [6.45, 7) is -1.59. The fourth-order valence-electron chi connectivity index (χ4n) is 4.96. The van der Waals surface area contributed by atoms with Crippen molar-refractivity contribution in [1.29, 1.82) is 0 Å². The third kappa shape index (κ3) is 7.17. The number of nitrogens with zero attached hydrogens (tertiary/aromatic N) is 5. The van der Waals surface area contributed by atoms with E-state index in [2.05, 4.69) is 30.0 Å². The number of nitrogens with one attached hydrogen (secondary N) is 1. The minimum atomic E-state index is -5.07. The number of urea groups is 1. The first kappa shape index (κ1) is 34.9. The average molecular weight is 741 g/mol. The predicted molar refractivity (Wildman–Crippen MR) is 156 cm³/mol. The highest BCUT2D eigenvalue weighted by molar-refractivity contribution is 7.86. The second-order valence-corrected chi connectivity index (χ2v) is 13.5. The van der Waals surface area contributed by atoms with Gasteiger partial charge in [-0.25, -0.2) is 9.78 Å². The van der Waals surface area contributed by atoms with Gasteiger partial charge in [0.1, 0.15) is 28.5 Å². The number of ether oxygens (including phenoxy) is 2. The van der Waals surface area contributed by atoms with Gasteiger partial charge in [0.25, 0.3) is 5.91 Å². The van der Waals surface area contributed by atoms with E-state index in [9.17, 15) is 44.3 Å². The molecular formula is C26H21ClF6N7O6S2+. The molecule has 0 bridgehead atoms. The number of halogens is 7. The van der Waals surface area contributed by atoms with Gasteiger partial charge in [-0.2, -0.15) is 13.5 Å². The van der Waals surface area contributed by atoms with Crippen molar-refractivity contribution in [3.63, 3.8) is 0 Å². The number of sulfonamides is 1. The Morgan fingerprint density at radius 1 is 1.02 bits per heavy atom. The van der Waals surface area contributed by atoms with E-state index in [4.69, 9.17) is 17.3 Å². The molecule has 4 aromatic rings. The minimum Gasteiger partial charge on any atom is -0.406 e. The van der Waals surface area contributed by atoms with Crippen LogP contribution in [0.1, 0.15) is 5.56 Å². The van der Waals surface area contributed by atoms with E-state index in [0.717, 1.165) is 47.7 Å². The van der Waals surface area contributed by atoms with E-state index in [1.165, 1.54) is 23.2 Å². The van der Waals surface area contributed by atoms with E-state index in [0.29, 0.717) is 10.2 Å². The molecule has 0 aliphatic carbocycles. The molecule has 1 fully saturated rings. The number of aromatic nitrogens is 3. The molecular weight excluding hydrogens is 720 g/mol. The van der Waals surface area contributed by atoms with E-state index in [1.807, 2.05) is 0 Å². The standard InChI is InChI=1S/C26H20ClF6N7O6S2/c27-21-20-18(12-36-38-21)37-24(47-20)39-9-10-40(23(34)42,48(43,44)17-7-5-16(6-8-17)46-26(31,32)33)19(13-39)22(41)35-11-14-1-3-15(4-2-14)45-25(28,29)30/h1-8,12,19H,9-11,13H2,(H2-,34,35,41,42)/p+1/t19?,40-/m0/s1. The van der Waals surface area contributed by atoms with E-state index < -0.39 is 74.1 Å². The summed E-state index contributed by atoms with van der Waals surface area (Å²) in [5.74, 6) is -2.27. The zero-order valence-corrected chi connectivity index (χ0v) is 26.2. The number of amides is 3. The molecule has 2 atom stereocenters. The summed E-state index contributed by atoms with van der Waals surface area (Å²) in [5, 5.41) is 10.3. The van der Waals surface area contributed by atoms with Crippen LogP contribution in [-0.4, -0.2) is 77.8 Å². The number of fused-ring (bicyclic) bond motifs is 1. The van der Waals surface area contributed by atoms with Gasteiger partial charge in [0.2, 0.25) is 6.04 Å². The molecule has 3 heterocycles. The van der Waals surface area contributed by atoms with Crippen LogP contribution in [0.15, 0.2) is 59.6 Å². The molecule has 1 aliphatic rings. The first-order valence-electron chi connectivity index (χ1n) is 13.3. The Morgan fingerprint density at radius 3 is 2.15 bits per heavy atom. The number of primary amides is 1. The van der Waals surface area contributed by atoms with Crippen LogP contribution in [0.25, 0.3) is 10.2 Å². The Kier molecular flexibility index (Phi) is 9.34. The molecule has 13 nitrogen and oxygen atoms in total. The lowest BCUT2D eigenvalue weighted by Gasteiger charge is -2.44. The number of anilines is 1. The van der Waals surface area contributed by atoms with Crippen LogP contribution in [-0.2, 0) is 21.4 Å². The van der Waals surface area contributed by atoms with Gasteiger partial charge in [-0.15, -0.1) is 35.3 Å². The predicted octanol–water partition coefficient (Wildman–Crippen LogP) is 4.33. The lowest BCUT2D eigenvalue weighted by Crippen LogP contribution is -2.75. The second-order valence-electron chi connectivity index (χ2n) is 10.1. The summed E-state index contributed by atoms with van der Waals surface area (Å²) in [5.41, 5.74) is 6.37. The maximum atomic E-state index is 14.2. The lowest BCUT2D eigenvalue weighted by molar-refractivity contribution is -0.741. The average Bonchev–Trinajstić information content (AvgIpc) is 3.45. The third-order valence-corrected chi connectivity index (χ3v) is 11.0. The molecule has 1 saturated heterocycles. The number of alkyl halides is 6. The number of hydrogen-bond donors (Lipinski definition) is 2. The Hall–Kier alpha value is -4.47. The maximum Gasteiger partial charge on any atom is 0.573 e. The molecule has 2 aromatic heterocycles. The Bertz CT molecular complexity index is 1950. The SMILES string of the molecule is NC(=O)[N@+]1(S(=O)(=O)c2ccc(OC(F)(F)F)cc2)CCN(c2nc3cnnc(Cl)c3s2)CC1C(=O)NCc1ccc(OC(F)(F)F)cc1. The van der Waals surface area contributed by atoms with Crippen LogP contribution < -0.4 is 25.4 Å². The highest BCUT2D eigenvalue weighted by Gasteiger charge is 2.60. The zero-order valence-electron chi connectivity index (χ0n) is 23.8. The van der Waals surface area contributed by atoms with Gasteiger partial charge in [-0.05, 0) is 42.0 Å². The molecule has 0 radical (unpaired) electrons. The molecule has 5 rings (SSSR count). The summed E-state index contributed by atoms with van der Waals surface area (Å²) in [7, 11) is -4.96. The summed E-state index contributed by atoms with van der Waals surface area (Å²) in [6.07, 6.45) is -8.66. The molecule has 22 heteroatoms. The van der Waals surface area contributed by atoms with Crippen LogP contribution in [0.2, 0.25) is 5.15 Å². The van der Waals surface area contributed by atoms with Crippen molar-refractivity contribution in [3.8, 4) is 11.5 Å². The quantitative estimate of drug-likeness (QED) is 0.196. The van der Waals surface area contributed by atoms with Crippen molar-refractivity contribution >= 4 is 60.2 Å². The van der Waals surface area contributed by atoms with Crippen LogP contribution in [0.5, 0.6) is 11.5 Å². The van der Waals surface area contributed by atoms with Crippen molar-refractivity contribution in [1.82, 2.24) is 20.5 Å². The highest BCUT2D eigenvalue weighted by atomic mass is 35.5. The number of piperazine rings is 1. The number of quaternary nitrogens is 1. The van der Waals surface area contributed by atoms with Crippen molar-refractivity contribution < 1.29 is 57.7 Å². The topological polar surface area (TPSA) is 167 Å². The lowest BCUT2D eigenvalue weighted by atomic mass is 10.1. The number of carbonyl (C=O) groups is 2. The number of thiazole rings is 1. The largest absolute Gasteiger partial charge is 0.573 e. The molecule has 0 spiro atoms. The number of benzene rings is 2. The molecule has 48 heavy (non-hydrogen) atoms. The molecule has 1 aliphatic heterocycles. The van der Waals surface area contributed by atoms with Crippen molar-refractivity contribution in [3.05, 3.63) is 65.4 Å². The Morgan fingerprint density at radius 2 is 1.60 bits per heavy atom. The maximum absolute atomic E-state index is 14.2. The molecule has 0 saturated carbocycles. The zero-order chi connectivity index (χ0) is 35.1. The summed E-state index contributed by atoms with van der Waals surface area (Å²) in [6, 6.07) is 4.20. The van der Waals surface area contributed by atoms with Crippen molar-refractivity contribution in [2.75, 3.05) is 24.5 Å². The summed E-state index contributed by atoms with van der Waals surface area (Å²) >= 11 is 7.18. The monoisotopic (exact) mass is 740 g/mol. The molecule has 3 N–H and O–H groups in total. The first-order chi connectivity index (χ1) is 22.4. The van der Waals surface area contributed by atoms with Crippen LogP contribution >= 0.6 is 22.9 Å². The van der Waals surface area contributed by atoms with Crippen LogP contribution in [0.4, 0.5) is 36.3 Å². The smallest absolute Gasteiger partial charge is 0.406 e. The van der Waals surface area contributed by atoms with Gasteiger partial charge in [-0.1, -0.05) is 35.1 Å².